The van der Waals surface area contributed by atoms with Crippen LogP contribution in [0.4, 0.5) is 0 Å². The van der Waals surface area contributed by atoms with Gasteiger partial charge in [-0.3, -0.25) is 4.79 Å². The second-order valence-corrected chi connectivity index (χ2v) is 8.88. The molecule has 0 bridgehead atoms. The van der Waals surface area contributed by atoms with Gasteiger partial charge < -0.3 is 10.6 Å². The van der Waals surface area contributed by atoms with Crippen molar-refractivity contribution in [1.82, 2.24) is 9.21 Å². The highest BCUT2D eigenvalue weighted by Crippen LogP contribution is 2.32. The standard InChI is InChI=1S/C13H21N3O3S2/c1-13(2)12(17)15(3)8-9-16(13)21(18,19)11-5-4-10(20-11)6-7-14/h4-5H,6-9,14H2,1-3H3. The van der Waals surface area contributed by atoms with Gasteiger partial charge >= 0.3 is 0 Å². The summed E-state index contributed by atoms with van der Waals surface area (Å²) in [5, 5.41) is 0. The van der Waals surface area contributed by atoms with Crippen molar-refractivity contribution in [2.24, 2.45) is 5.73 Å². The molecule has 0 radical (unpaired) electrons. The molecular weight excluding hydrogens is 310 g/mol. The zero-order valence-corrected chi connectivity index (χ0v) is 14.1. The van der Waals surface area contributed by atoms with Crippen LogP contribution in [-0.4, -0.2) is 55.8 Å². The van der Waals surface area contributed by atoms with Crippen LogP contribution in [0.5, 0.6) is 0 Å². The third kappa shape index (κ3) is 2.85. The lowest BCUT2D eigenvalue weighted by atomic mass is 10.0. The summed E-state index contributed by atoms with van der Waals surface area (Å²) in [5.74, 6) is -0.184. The Balaban J connectivity index is 2.36. The molecular formula is C13H21N3O3S2. The molecule has 1 saturated heterocycles. The van der Waals surface area contributed by atoms with Crippen molar-refractivity contribution >= 4 is 27.3 Å². The van der Waals surface area contributed by atoms with E-state index < -0.39 is 15.6 Å². The van der Waals surface area contributed by atoms with Crippen LogP contribution in [0.15, 0.2) is 16.3 Å². The fourth-order valence-corrected chi connectivity index (χ4v) is 5.72. The molecule has 1 amide bonds. The van der Waals surface area contributed by atoms with Gasteiger partial charge in [0.05, 0.1) is 0 Å². The van der Waals surface area contributed by atoms with Crippen molar-refractivity contribution in [3.8, 4) is 0 Å². The van der Waals surface area contributed by atoms with Crippen LogP contribution < -0.4 is 5.73 Å². The number of hydrogen-bond acceptors (Lipinski definition) is 5. The largest absolute Gasteiger partial charge is 0.343 e. The fraction of sp³-hybridized carbons (Fsp3) is 0.615. The Bertz CT molecular complexity index is 637. The predicted molar refractivity (Wildman–Crippen MR) is 82.7 cm³/mol. The molecule has 2 heterocycles. The first-order valence-electron chi connectivity index (χ1n) is 6.78. The number of piperazine rings is 1. The monoisotopic (exact) mass is 331 g/mol. The fourth-order valence-electron chi connectivity index (χ4n) is 2.50. The zero-order valence-electron chi connectivity index (χ0n) is 12.5. The first kappa shape index (κ1) is 16.4. The lowest BCUT2D eigenvalue weighted by Gasteiger charge is -2.43. The maximum atomic E-state index is 12.8. The Kier molecular flexibility index (Phi) is 4.44. The number of nitrogens with zero attached hydrogens (tertiary/aromatic N) is 2. The predicted octanol–water partition coefficient (Wildman–Crippen LogP) is 0.491. The van der Waals surface area contributed by atoms with Crippen molar-refractivity contribution < 1.29 is 13.2 Å². The third-order valence-corrected chi connectivity index (χ3v) is 7.39. The maximum Gasteiger partial charge on any atom is 0.253 e. The SMILES string of the molecule is CN1CCN(S(=O)(=O)c2ccc(CCN)s2)C(C)(C)C1=O. The van der Waals surface area contributed by atoms with Gasteiger partial charge in [0, 0.05) is 25.0 Å². The minimum atomic E-state index is -3.66. The summed E-state index contributed by atoms with van der Waals surface area (Å²) in [6.45, 7) is 4.50. The highest BCUT2D eigenvalue weighted by molar-refractivity contribution is 7.91. The van der Waals surface area contributed by atoms with Gasteiger partial charge in [-0.2, -0.15) is 4.31 Å². The van der Waals surface area contributed by atoms with Crippen molar-refractivity contribution in [1.29, 1.82) is 0 Å². The number of hydrogen-bond donors (Lipinski definition) is 1. The number of sulfonamides is 1. The molecule has 8 heteroatoms. The van der Waals surface area contributed by atoms with Crippen LogP contribution in [0.25, 0.3) is 0 Å². The van der Waals surface area contributed by atoms with Crippen LogP contribution in [0.3, 0.4) is 0 Å². The van der Waals surface area contributed by atoms with Gasteiger partial charge in [-0.05, 0) is 38.9 Å². The Hall–Kier alpha value is -0.960. The molecule has 0 unspecified atom stereocenters. The summed E-state index contributed by atoms with van der Waals surface area (Å²) in [5.41, 5.74) is 4.43. The summed E-state index contributed by atoms with van der Waals surface area (Å²) in [4.78, 5) is 14.8. The van der Waals surface area contributed by atoms with Gasteiger partial charge in [0.15, 0.2) is 0 Å². The molecule has 1 aromatic heterocycles. The van der Waals surface area contributed by atoms with Crippen LogP contribution >= 0.6 is 11.3 Å². The average Bonchev–Trinajstić information content (AvgIpc) is 2.85. The minimum Gasteiger partial charge on any atom is -0.343 e. The molecule has 0 atom stereocenters. The van der Waals surface area contributed by atoms with Gasteiger partial charge in [-0.15, -0.1) is 11.3 Å². The molecule has 6 nitrogen and oxygen atoms in total. The quantitative estimate of drug-likeness (QED) is 0.870. The van der Waals surface area contributed by atoms with Crippen LogP contribution in [0.2, 0.25) is 0 Å². The first-order valence-corrected chi connectivity index (χ1v) is 9.04. The average molecular weight is 331 g/mol. The van der Waals surface area contributed by atoms with Crippen LogP contribution in [0, 0.1) is 0 Å². The number of likely N-dealkylation sites (N-methyl/N-ethyl adjacent to an activating group) is 1. The molecule has 1 fully saturated rings. The molecule has 1 aromatic rings. The van der Waals surface area contributed by atoms with Gasteiger partial charge in [-0.1, -0.05) is 0 Å². The second-order valence-electron chi connectivity index (χ2n) is 5.62. The second kappa shape index (κ2) is 5.68. The van der Waals surface area contributed by atoms with Crippen molar-refractivity contribution in [3.05, 3.63) is 17.0 Å². The normalized spacial score (nSPS) is 20.0. The van der Waals surface area contributed by atoms with Gasteiger partial charge in [0.1, 0.15) is 9.75 Å². The molecule has 1 aliphatic rings. The van der Waals surface area contributed by atoms with Gasteiger partial charge in [0.25, 0.3) is 10.0 Å². The summed E-state index contributed by atoms with van der Waals surface area (Å²) in [6.07, 6.45) is 0.658. The van der Waals surface area contributed by atoms with E-state index in [1.165, 1.54) is 15.6 Å². The number of carbonyl (C=O) groups excluding carboxylic acids is 1. The van der Waals surface area contributed by atoms with E-state index in [9.17, 15) is 13.2 Å². The topological polar surface area (TPSA) is 83.7 Å². The molecule has 118 valence electrons. The van der Waals surface area contributed by atoms with E-state index in [4.69, 9.17) is 5.73 Å². The van der Waals surface area contributed by atoms with Crippen molar-refractivity contribution in [2.75, 3.05) is 26.7 Å². The van der Waals surface area contributed by atoms with E-state index in [2.05, 4.69) is 0 Å². The molecule has 0 saturated carbocycles. The first-order chi connectivity index (χ1) is 9.71. The third-order valence-electron chi connectivity index (χ3n) is 3.70. The van der Waals surface area contributed by atoms with Gasteiger partial charge in [0.2, 0.25) is 5.91 Å². The number of amides is 1. The highest BCUT2D eigenvalue weighted by atomic mass is 32.2. The van der Waals surface area contributed by atoms with E-state index in [-0.39, 0.29) is 10.1 Å². The van der Waals surface area contributed by atoms with Crippen LogP contribution in [-0.2, 0) is 21.2 Å². The lowest BCUT2D eigenvalue weighted by Crippen LogP contribution is -2.63. The van der Waals surface area contributed by atoms with E-state index in [0.29, 0.717) is 26.1 Å². The molecule has 0 aromatic carbocycles. The summed E-state index contributed by atoms with van der Waals surface area (Å²) < 4.78 is 27.2. The minimum absolute atomic E-state index is 0.184. The number of rotatable bonds is 4. The van der Waals surface area contributed by atoms with E-state index in [0.717, 1.165) is 4.88 Å². The van der Waals surface area contributed by atoms with Crippen molar-refractivity contribution in [3.63, 3.8) is 0 Å². The Morgan fingerprint density at radius 3 is 2.62 bits per heavy atom. The van der Waals surface area contributed by atoms with E-state index in [1.54, 1.807) is 37.9 Å². The maximum absolute atomic E-state index is 12.8. The van der Waals surface area contributed by atoms with Gasteiger partial charge in [-0.25, -0.2) is 8.42 Å². The molecule has 21 heavy (non-hydrogen) atoms. The Labute approximate surface area is 129 Å². The van der Waals surface area contributed by atoms with E-state index >= 15 is 0 Å². The zero-order chi connectivity index (χ0) is 15.8. The summed E-state index contributed by atoms with van der Waals surface area (Å²) in [7, 11) is -1.97. The number of carbonyl (C=O) groups is 1. The molecule has 0 spiro atoms. The van der Waals surface area contributed by atoms with Crippen LogP contribution in [0.1, 0.15) is 18.7 Å². The summed E-state index contributed by atoms with van der Waals surface area (Å²) in [6, 6.07) is 3.39. The number of nitrogens with two attached hydrogens (primary N) is 1. The summed E-state index contributed by atoms with van der Waals surface area (Å²) >= 11 is 1.23. The molecule has 2 N–H and O–H groups in total. The highest BCUT2D eigenvalue weighted by Gasteiger charge is 2.47. The smallest absolute Gasteiger partial charge is 0.253 e. The molecule has 2 rings (SSSR count). The Morgan fingerprint density at radius 1 is 1.33 bits per heavy atom. The van der Waals surface area contributed by atoms with E-state index in [1.807, 2.05) is 0 Å². The Morgan fingerprint density at radius 2 is 2.00 bits per heavy atom. The lowest BCUT2D eigenvalue weighted by molar-refractivity contribution is -0.142. The molecule has 1 aliphatic heterocycles. The molecule has 0 aliphatic carbocycles. The van der Waals surface area contributed by atoms with Crippen molar-refractivity contribution in [2.45, 2.75) is 30.0 Å². The number of thiophene rings is 1.